The van der Waals surface area contributed by atoms with Crippen molar-refractivity contribution in [3.05, 3.63) is 94.9 Å². The van der Waals surface area contributed by atoms with E-state index in [0.717, 1.165) is 11.3 Å². The van der Waals surface area contributed by atoms with Crippen LogP contribution in [-0.2, 0) is 4.79 Å². The number of rotatable bonds is 5. The van der Waals surface area contributed by atoms with E-state index < -0.39 is 0 Å². The van der Waals surface area contributed by atoms with Crippen LogP contribution in [0.15, 0.2) is 88.8 Å². The number of phenolic OH excluding ortho intramolecular Hbond substituents is 1. The molecular formula is C25H22N2O3S. The first-order chi connectivity index (χ1) is 15.1. The summed E-state index contributed by atoms with van der Waals surface area (Å²) in [5.74, 6) is 0.206. The van der Waals surface area contributed by atoms with Gasteiger partial charge in [-0.1, -0.05) is 60.7 Å². The van der Waals surface area contributed by atoms with Gasteiger partial charge < -0.3 is 9.84 Å². The van der Waals surface area contributed by atoms with E-state index in [1.807, 2.05) is 67.6 Å². The summed E-state index contributed by atoms with van der Waals surface area (Å²) in [6, 6.07) is 24.4. The predicted molar refractivity (Wildman–Crippen MR) is 125 cm³/mol. The second kappa shape index (κ2) is 9.10. The monoisotopic (exact) mass is 430 g/mol. The van der Waals surface area contributed by atoms with Crippen LogP contribution < -0.4 is 4.74 Å². The van der Waals surface area contributed by atoms with Gasteiger partial charge in [-0.25, -0.2) is 4.99 Å². The zero-order valence-electron chi connectivity index (χ0n) is 17.2. The molecule has 1 aliphatic heterocycles. The molecule has 0 spiro atoms. The van der Waals surface area contributed by atoms with Crippen LogP contribution in [0.1, 0.15) is 24.1 Å². The molecule has 1 N–H and O–H groups in total. The highest BCUT2D eigenvalue weighted by molar-refractivity contribution is 8.18. The molecule has 1 fully saturated rings. The number of hydrogen-bond acceptors (Lipinski definition) is 5. The van der Waals surface area contributed by atoms with Crippen molar-refractivity contribution in [2.75, 3.05) is 7.11 Å². The lowest BCUT2D eigenvalue weighted by atomic mass is 10.1. The van der Waals surface area contributed by atoms with Gasteiger partial charge in [0.25, 0.3) is 5.91 Å². The number of thioether (sulfide) groups is 1. The predicted octanol–water partition coefficient (Wildman–Crippen LogP) is 5.77. The molecule has 0 aliphatic carbocycles. The first-order valence-corrected chi connectivity index (χ1v) is 10.7. The van der Waals surface area contributed by atoms with Gasteiger partial charge in [-0.3, -0.25) is 9.69 Å². The van der Waals surface area contributed by atoms with Crippen LogP contribution in [0.3, 0.4) is 0 Å². The van der Waals surface area contributed by atoms with Gasteiger partial charge in [-0.15, -0.1) is 0 Å². The number of benzene rings is 3. The number of aromatic hydroxyl groups is 1. The van der Waals surface area contributed by atoms with Crippen molar-refractivity contribution >= 4 is 34.6 Å². The molecule has 31 heavy (non-hydrogen) atoms. The normalized spacial score (nSPS) is 17.4. The molecule has 4 rings (SSSR count). The molecular weight excluding hydrogens is 408 g/mol. The summed E-state index contributed by atoms with van der Waals surface area (Å²) in [6.45, 7) is 1.99. The zero-order valence-corrected chi connectivity index (χ0v) is 18.0. The number of amides is 1. The number of para-hydroxylation sites is 2. The van der Waals surface area contributed by atoms with E-state index >= 15 is 0 Å². The summed E-state index contributed by atoms with van der Waals surface area (Å²) in [7, 11) is 1.50. The van der Waals surface area contributed by atoms with Gasteiger partial charge in [0.1, 0.15) is 0 Å². The van der Waals surface area contributed by atoms with Gasteiger partial charge in [-0.05, 0) is 48.5 Å². The molecule has 0 radical (unpaired) electrons. The number of hydrogen-bond donors (Lipinski definition) is 1. The number of aliphatic imine (C=N–C) groups is 1. The molecule has 5 nitrogen and oxygen atoms in total. The fourth-order valence-electron chi connectivity index (χ4n) is 3.36. The maximum absolute atomic E-state index is 13.4. The van der Waals surface area contributed by atoms with Crippen molar-refractivity contribution in [3.8, 4) is 11.5 Å². The van der Waals surface area contributed by atoms with Gasteiger partial charge in [0.05, 0.1) is 23.7 Å². The lowest BCUT2D eigenvalue weighted by Crippen LogP contribution is -2.32. The van der Waals surface area contributed by atoms with Gasteiger partial charge in [0.2, 0.25) is 0 Å². The summed E-state index contributed by atoms with van der Waals surface area (Å²) in [5.41, 5.74) is 2.31. The fourth-order valence-corrected chi connectivity index (χ4v) is 4.42. The second-order valence-electron chi connectivity index (χ2n) is 7.00. The quantitative estimate of drug-likeness (QED) is 0.522. The molecule has 1 amide bonds. The third-order valence-corrected chi connectivity index (χ3v) is 6.01. The molecule has 3 aromatic rings. The van der Waals surface area contributed by atoms with Crippen LogP contribution in [0.25, 0.3) is 6.08 Å². The maximum atomic E-state index is 13.4. The van der Waals surface area contributed by atoms with Gasteiger partial charge in [0.15, 0.2) is 16.7 Å². The Morgan fingerprint density at radius 2 is 1.68 bits per heavy atom. The Labute approximate surface area is 185 Å². The Morgan fingerprint density at radius 3 is 2.35 bits per heavy atom. The molecule has 1 heterocycles. The van der Waals surface area contributed by atoms with Crippen LogP contribution in [-0.4, -0.2) is 28.2 Å². The van der Waals surface area contributed by atoms with Crippen molar-refractivity contribution in [2.45, 2.75) is 13.0 Å². The number of ether oxygens (including phenoxy) is 1. The first kappa shape index (κ1) is 20.8. The largest absolute Gasteiger partial charge is 0.504 e. The van der Waals surface area contributed by atoms with E-state index in [0.29, 0.717) is 21.4 Å². The average molecular weight is 431 g/mol. The SMILES string of the molecule is COc1cccc(/C=C2/SC(=Nc3ccccc3)N([C@H](C)c3ccccc3)C2=O)c1O. The Bertz CT molecular complexity index is 1140. The summed E-state index contributed by atoms with van der Waals surface area (Å²) in [4.78, 5) is 20.4. The smallest absolute Gasteiger partial charge is 0.267 e. The van der Waals surface area contributed by atoms with E-state index in [4.69, 9.17) is 9.73 Å². The van der Waals surface area contributed by atoms with E-state index in [9.17, 15) is 9.90 Å². The van der Waals surface area contributed by atoms with E-state index in [1.54, 1.807) is 29.2 Å². The molecule has 0 saturated carbocycles. The van der Waals surface area contributed by atoms with E-state index in [2.05, 4.69) is 0 Å². The van der Waals surface area contributed by atoms with Gasteiger partial charge in [0, 0.05) is 5.56 Å². The van der Waals surface area contributed by atoms with Crippen LogP contribution in [0, 0.1) is 0 Å². The topological polar surface area (TPSA) is 62.1 Å². The Morgan fingerprint density at radius 1 is 1.00 bits per heavy atom. The second-order valence-corrected chi connectivity index (χ2v) is 8.01. The van der Waals surface area contributed by atoms with Gasteiger partial charge >= 0.3 is 0 Å². The van der Waals surface area contributed by atoms with Crippen LogP contribution in [0.2, 0.25) is 0 Å². The molecule has 0 unspecified atom stereocenters. The maximum Gasteiger partial charge on any atom is 0.267 e. The van der Waals surface area contributed by atoms with Crippen LogP contribution in [0.5, 0.6) is 11.5 Å². The minimum atomic E-state index is -0.200. The summed E-state index contributed by atoms with van der Waals surface area (Å²) >= 11 is 1.30. The summed E-state index contributed by atoms with van der Waals surface area (Å²) in [6.07, 6.45) is 1.68. The van der Waals surface area contributed by atoms with E-state index in [-0.39, 0.29) is 17.7 Å². The lowest BCUT2D eigenvalue weighted by molar-refractivity contribution is -0.123. The number of amidine groups is 1. The minimum Gasteiger partial charge on any atom is -0.504 e. The molecule has 3 aromatic carbocycles. The summed E-state index contributed by atoms with van der Waals surface area (Å²) in [5, 5.41) is 11.1. The number of carbonyl (C=O) groups excluding carboxylic acids is 1. The van der Waals surface area contributed by atoms with Crippen molar-refractivity contribution in [3.63, 3.8) is 0 Å². The number of carbonyl (C=O) groups is 1. The molecule has 6 heteroatoms. The Hall–Kier alpha value is -3.51. The molecule has 1 atom stereocenters. The fraction of sp³-hybridized carbons (Fsp3) is 0.120. The Kier molecular flexibility index (Phi) is 6.09. The lowest BCUT2D eigenvalue weighted by Gasteiger charge is -2.24. The highest BCUT2D eigenvalue weighted by Crippen LogP contribution is 2.40. The highest BCUT2D eigenvalue weighted by atomic mass is 32.2. The van der Waals surface area contributed by atoms with Gasteiger partial charge in [-0.2, -0.15) is 0 Å². The van der Waals surface area contributed by atoms with Crippen molar-refractivity contribution < 1.29 is 14.6 Å². The Balaban J connectivity index is 1.77. The standard InChI is InChI=1S/C25H22N2O3S/c1-17(18-10-5-3-6-11-18)27-24(29)22(16-19-12-9-15-21(30-2)23(19)28)31-25(27)26-20-13-7-4-8-14-20/h3-17,28H,1-2H3/b22-16+,26-25?/t17-/m1/s1. The number of methoxy groups -OCH3 is 1. The third kappa shape index (κ3) is 4.34. The van der Waals surface area contributed by atoms with Crippen molar-refractivity contribution in [1.29, 1.82) is 0 Å². The van der Waals surface area contributed by atoms with E-state index in [1.165, 1.54) is 18.9 Å². The van der Waals surface area contributed by atoms with Crippen LogP contribution >= 0.6 is 11.8 Å². The first-order valence-electron chi connectivity index (χ1n) is 9.86. The van der Waals surface area contributed by atoms with Crippen molar-refractivity contribution in [1.82, 2.24) is 4.90 Å². The molecule has 1 aliphatic rings. The molecule has 0 aromatic heterocycles. The molecule has 1 saturated heterocycles. The minimum absolute atomic E-state index is 0.00186. The highest BCUT2D eigenvalue weighted by Gasteiger charge is 2.37. The third-order valence-electron chi connectivity index (χ3n) is 5.02. The number of phenols is 1. The molecule has 0 bridgehead atoms. The van der Waals surface area contributed by atoms with Crippen LogP contribution in [0.4, 0.5) is 5.69 Å². The summed E-state index contributed by atoms with van der Waals surface area (Å²) < 4.78 is 5.19. The number of nitrogens with zero attached hydrogens (tertiary/aromatic N) is 2. The average Bonchev–Trinajstić information content (AvgIpc) is 3.10. The zero-order chi connectivity index (χ0) is 21.8. The molecule has 156 valence electrons. The van der Waals surface area contributed by atoms with Crippen molar-refractivity contribution in [2.24, 2.45) is 4.99 Å².